The number of nitrogens with zero attached hydrogens (tertiary/aromatic N) is 4. The van der Waals surface area contributed by atoms with Crippen LogP contribution in [0.2, 0.25) is 0 Å². The predicted octanol–water partition coefficient (Wildman–Crippen LogP) is -0.450. The first-order valence-corrected chi connectivity index (χ1v) is 4.87. The van der Waals surface area contributed by atoms with Crippen LogP contribution in [0.4, 0.5) is 5.82 Å². The number of nitrogens with one attached hydrogen (secondary N) is 2. The average molecular weight is 224 g/mol. The van der Waals surface area contributed by atoms with Crippen molar-refractivity contribution in [3.8, 4) is 0 Å². The number of hydrogen-bond donors (Lipinski definition) is 2. The molecular formula is C8H12N6O2. The number of aromatic nitrogens is 5. The zero-order chi connectivity index (χ0) is 11.4. The van der Waals surface area contributed by atoms with E-state index in [0.29, 0.717) is 11.6 Å². The van der Waals surface area contributed by atoms with Crippen LogP contribution in [-0.4, -0.2) is 39.4 Å². The summed E-state index contributed by atoms with van der Waals surface area (Å²) in [4.78, 5) is 12.7. The van der Waals surface area contributed by atoms with Gasteiger partial charge in [0.25, 0.3) is 0 Å². The molecule has 0 unspecified atom stereocenters. The van der Waals surface area contributed by atoms with Crippen LogP contribution in [0.1, 0.15) is 12.2 Å². The van der Waals surface area contributed by atoms with Crippen LogP contribution in [0.5, 0.6) is 0 Å². The highest BCUT2D eigenvalue weighted by atomic mass is 16.5. The summed E-state index contributed by atoms with van der Waals surface area (Å²) >= 11 is 0. The van der Waals surface area contributed by atoms with Gasteiger partial charge in [0.2, 0.25) is 0 Å². The van der Waals surface area contributed by atoms with E-state index < -0.39 is 0 Å². The van der Waals surface area contributed by atoms with Gasteiger partial charge in [0, 0.05) is 20.0 Å². The van der Waals surface area contributed by atoms with Gasteiger partial charge in [-0.3, -0.25) is 0 Å². The second-order valence-electron chi connectivity index (χ2n) is 3.41. The fourth-order valence-corrected chi connectivity index (χ4v) is 1.34. The molecule has 2 aromatic rings. The minimum atomic E-state index is -0.375. The topological polar surface area (TPSA) is 104 Å². The molecule has 86 valence electrons. The van der Waals surface area contributed by atoms with Gasteiger partial charge in [-0.05, 0) is 6.42 Å². The Bertz CT molecular complexity index is 473. The van der Waals surface area contributed by atoms with Gasteiger partial charge in [0.15, 0.2) is 5.82 Å². The standard InChI is InChI=1S/C8H12N6O2/c1-14(7-5-8(15)16-11-7)4-2-3-6-9-12-13-10-6/h5,11H,2-4H2,1H3,(H,9,10,12,13). The highest BCUT2D eigenvalue weighted by molar-refractivity contribution is 5.33. The highest BCUT2D eigenvalue weighted by Crippen LogP contribution is 2.05. The smallest absolute Gasteiger partial charge is 0.359 e. The van der Waals surface area contributed by atoms with E-state index in [-0.39, 0.29) is 5.63 Å². The third-order valence-corrected chi connectivity index (χ3v) is 2.21. The molecule has 2 aromatic heterocycles. The zero-order valence-electron chi connectivity index (χ0n) is 8.80. The quantitative estimate of drug-likeness (QED) is 0.712. The summed E-state index contributed by atoms with van der Waals surface area (Å²) in [5.74, 6) is 1.35. The lowest BCUT2D eigenvalue weighted by molar-refractivity contribution is 0.391. The lowest BCUT2D eigenvalue weighted by Gasteiger charge is -2.14. The molecular weight excluding hydrogens is 212 g/mol. The van der Waals surface area contributed by atoms with Crippen LogP contribution in [0.25, 0.3) is 0 Å². The van der Waals surface area contributed by atoms with E-state index in [2.05, 4.69) is 30.3 Å². The van der Waals surface area contributed by atoms with Crippen LogP contribution < -0.4 is 10.5 Å². The van der Waals surface area contributed by atoms with Crippen LogP contribution >= 0.6 is 0 Å². The lowest BCUT2D eigenvalue weighted by atomic mass is 10.3. The number of aryl methyl sites for hydroxylation is 1. The van der Waals surface area contributed by atoms with Crippen molar-refractivity contribution >= 4 is 5.82 Å². The molecule has 16 heavy (non-hydrogen) atoms. The molecule has 0 saturated heterocycles. The highest BCUT2D eigenvalue weighted by Gasteiger charge is 2.05. The fraction of sp³-hybridized carbons (Fsp3) is 0.500. The number of anilines is 1. The summed E-state index contributed by atoms with van der Waals surface area (Å²) in [7, 11) is 1.87. The molecule has 0 atom stereocenters. The van der Waals surface area contributed by atoms with Gasteiger partial charge in [-0.15, -0.1) is 10.2 Å². The maximum Gasteiger partial charge on any atom is 0.359 e. The summed E-state index contributed by atoms with van der Waals surface area (Å²) < 4.78 is 4.58. The molecule has 2 rings (SSSR count). The van der Waals surface area contributed by atoms with E-state index in [4.69, 9.17) is 0 Å². The number of rotatable bonds is 5. The number of H-pyrrole nitrogens is 2. The molecule has 0 aliphatic heterocycles. The Morgan fingerprint density at radius 1 is 1.56 bits per heavy atom. The fourth-order valence-electron chi connectivity index (χ4n) is 1.34. The summed E-state index contributed by atoms with van der Waals surface area (Å²) in [5, 5.41) is 16.1. The first kappa shape index (κ1) is 10.4. The van der Waals surface area contributed by atoms with E-state index >= 15 is 0 Å². The van der Waals surface area contributed by atoms with Gasteiger partial charge in [-0.2, -0.15) is 5.21 Å². The van der Waals surface area contributed by atoms with Gasteiger partial charge in [-0.25, -0.2) is 9.95 Å². The van der Waals surface area contributed by atoms with E-state index in [1.807, 2.05) is 11.9 Å². The number of hydrogen-bond acceptors (Lipinski definition) is 6. The number of tetrazole rings is 1. The minimum Gasteiger partial charge on any atom is -0.359 e. The third-order valence-electron chi connectivity index (χ3n) is 2.21. The van der Waals surface area contributed by atoms with Gasteiger partial charge < -0.3 is 9.42 Å². The van der Waals surface area contributed by atoms with Crippen LogP contribution in [0.15, 0.2) is 15.4 Å². The first-order valence-electron chi connectivity index (χ1n) is 4.87. The van der Waals surface area contributed by atoms with E-state index in [0.717, 1.165) is 19.4 Å². The molecule has 0 bridgehead atoms. The Morgan fingerprint density at radius 3 is 3.06 bits per heavy atom. The molecule has 2 N–H and O–H groups in total. The van der Waals surface area contributed by atoms with Gasteiger partial charge >= 0.3 is 5.63 Å². The molecule has 0 aromatic carbocycles. The number of aromatic amines is 2. The first-order chi connectivity index (χ1) is 7.75. The normalized spacial score (nSPS) is 10.6. The van der Waals surface area contributed by atoms with Crippen molar-refractivity contribution in [2.24, 2.45) is 0 Å². The molecule has 0 fully saturated rings. The van der Waals surface area contributed by atoms with Crippen molar-refractivity contribution in [1.82, 2.24) is 25.8 Å². The molecule has 2 heterocycles. The molecule has 0 saturated carbocycles. The van der Waals surface area contributed by atoms with Crippen molar-refractivity contribution in [1.29, 1.82) is 0 Å². The summed E-state index contributed by atoms with van der Waals surface area (Å²) in [6.45, 7) is 0.768. The second-order valence-corrected chi connectivity index (χ2v) is 3.41. The predicted molar refractivity (Wildman–Crippen MR) is 55.1 cm³/mol. The molecule has 0 amide bonds. The lowest BCUT2D eigenvalue weighted by Crippen LogP contribution is -2.19. The van der Waals surface area contributed by atoms with Crippen molar-refractivity contribution in [2.75, 3.05) is 18.5 Å². The van der Waals surface area contributed by atoms with Gasteiger partial charge in [-0.1, -0.05) is 5.21 Å². The summed E-state index contributed by atoms with van der Waals surface area (Å²) in [5.41, 5.74) is -0.375. The van der Waals surface area contributed by atoms with Crippen molar-refractivity contribution in [3.63, 3.8) is 0 Å². The van der Waals surface area contributed by atoms with Crippen molar-refractivity contribution < 1.29 is 4.52 Å². The maximum absolute atomic E-state index is 10.8. The Kier molecular flexibility index (Phi) is 2.99. The van der Waals surface area contributed by atoms with E-state index in [9.17, 15) is 4.79 Å². The van der Waals surface area contributed by atoms with Crippen LogP contribution in [-0.2, 0) is 6.42 Å². The monoisotopic (exact) mass is 224 g/mol. The molecule has 8 heteroatoms. The Labute approximate surface area is 90.6 Å². The van der Waals surface area contributed by atoms with Crippen molar-refractivity contribution in [3.05, 3.63) is 22.3 Å². The van der Waals surface area contributed by atoms with Gasteiger partial charge in [0.05, 0.1) is 6.07 Å². The molecule has 0 aliphatic rings. The minimum absolute atomic E-state index is 0.375. The third kappa shape index (κ3) is 2.47. The molecule has 0 aliphatic carbocycles. The Balaban J connectivity index is 1.80. The Hall–Kier alpha value is -2.12. The maximum atomic E-state index is 10.8. The van der Waals surface area contributed by atoms with E-state index in [1.54, 1.807) is 0 Å². The largest absolute Gasteiger partial charge is 0.359 e. The van der Waals surface area contributed by atoms with Crippen molar-refractivity contribution in [2.45, 2.75) is 12.8 Å². The Morgan fingerprint density at radius 2 is 2.44 bits per heavy atom. The van der Waals surface area contributed by atoms with Crippen LogP contribution in [0.3, 0.4) is 0 Å². The average Bonchev–Trinajstić information content (AvgIpc) is 2.89. The molecule has 0 radical (unpaired) electrons. The van der Waals surface area contributed by atoms with E-state index in [1.165, 1.54) is 6.07 Å². The molecule has 0 spiro atoms. The molecule has 8 nitrogen and oxygen atoms in total. The summed E-state index contributed by atoms with van der Waals surface area (Å²) in [6, 6.07) is 1.41. The zero-order valence-corrected chi connectivity index (χ0v) is 8.80. The van der Waals surface area contributed by atoms with Gasteiger partial charge in [0.1, 0.15) is 5.82 Å². The summed E-state index contributed by atoms with van der Waals surface area (Å²) in [6.07, 6.45) is 1.60. The SMILES string of the molecule is CN(CCCc1nn[nH]n1)c1cc(=O)o[nH]1. The van der Waals surface area contributed by atoms with Crippen LogP contribution in [0, 0.1) is 0 Å². The second kappa shape index (κ2) is 4.60.